The standard InChI is InChI=1S/C16H24FNO4/c1-16(2,3)22-15(20)18-9-14(19)13(17)11-21-10-12-7-5-4-6-8-12/h4-8,13-14,19H,9-11H2,1-3H3,(H,18,20). The van der Waals surface area contributed by atoms with Gasteiger partial charge < -0.3 is 19.9 Å². The molecule has 1 aromatic carbocycles. The summed E-state index contributed by atoms with van der Waals surface area (Å²) in [7, 11) is 0. The molecule has 2 unspecified atom stereocenters. The Balaban J connectivity index is 2.21. The molecule has 0 aromatic heterocycles. The maximum Gasteiger partial charge on any atom is 0.407 e. The highest BCUT2D eigenvalue weighted by atomic mass is 19.1. The molecule has 5 nitrogen and oxygen atoms in total. The van der Waals surface area contributed by atoms with E-state index in [1.54, 1.807) is 20.8 Å². The highest BCUT2D eigenvalue weighted by molar-refractivity contribution is 5.67. The zero-order valence-corrected chi connectivity index (χ0v) is 13.2. The van der Waals surface area contributed by atoms with Gasteiger partial charge >= 0.3 is 6.09 Å². The zero-order valence-electron chi connectivity index (χ0n) is 13.2. The van der Waals surface area contributed by atoms with E-state index in [4.69, 9.17) is 9.47 Å². The number of alkyl carbamates (subject to hydrolysis) is 1. The van der Waals surface area contributed by atoms with Gasteiger partial charge in [0.25, 0.3) is 0 Å². The summed E-state index contributed by atoms with van der Waals surface area (Å²) in [5, 5.41) is 12.0. The Bertz CT molecular complexity index is 447. The molecule has 0 saturated carbocycles. The van der Waals surface area contributed by atoms with Crippen molar-refractivity contribution in [1.82, 2.24) is 5.32 Å². The number of hydrogen-bond donors (Lipinski definition) is 2. The Kier molecular flexibility index (Phi) is 7.27. The summed E-state index contributed by atoms with van der Waals surface area (Å²) in [5.41, 5.74) is 0.291. The molecule has 0 aliphatic carbocycles. The Labute approximate surface area is 130 Å². The molecule has 0 aliphatic heterocycles. The molecular formula is C16H24FNO4. The van der Waals surface area contributed by atoms with Crippen LogP contribution in [-0.2, 0) is 16.1 Å². The van der Waals surface area contributed by atoms with Crippen LogP contribution in [0.1, 0.15) is 26.3 Å². The van der Waals surface area contributed by atoms with Crippen molar-refractivity contribution < 1.29 is 23.8 Å². The van der Waals surface area contributed by atoms with E-state index in [0.717, 1.165) is 5.56 Å². The van der Waals surface area contributed by atoms with Crippen LogP contribution < -0.4 is 5.32 Å². The highest BCUT2D eigenvalue weighted by Gasteiger charge is 2.21. The predicted molar refractivity (Wildman–Crippen MR) is 81.2 cm³/mol. The second kappa shape index (κ2) is 8.70. The van der Waals surface area contributed by atoms with Gasteiger partial charge in [0.05, 0.1) is 13.2 Å². The minimum Gasteiger partial charge on any atom is -0.444 e. The van der Waals surface area contributed by atoms with Gasteiger partial charge in [-0.3, -0.25) is 0 Å². The van der Waals surface area contributed by atoms with E-state index in [1.165, 1.54) is 0 Å². The van der Waals surface area contributed by atoms with Crippen molar-refractivity contribution in [3.63, 3.8) is 0 Å². The van der Waals surface area contributed by atoms with Gasteiger partial charge in [-0.15, -0.1) is 0 Å². The average molecular weight is 313 g/mol. The molecule has 1 rings (SSSR count). The van der Waals surface area contributed by atoms with Gasteiger partial charge in [0, 0.05) is 6.54 Å². The first-order chi connectivity index (χ1) is 10.3. The minimum absolute atomic E-state index is 0.231. The van der Waals surface area contributed by atoms with E-state index < -0.39 is 24.0 Å². The molecule has 0 heterocycles. The maximum atomic E-state index is 13.7. The molecule has 6 heteroatoms. The highest BCUT2D eigenvalue weighted by Crippen LogP contribution is 2.07. The predicted octanol–water partition coefficient (Wildman–Crippen LogP) is 2.43. The number of hydrogen-bond acceptors (Lipinski definition) is 4. The summed E-state index contributed by atoms with van der Waals surface area (Å²) in [6.45, 7) is 4.96. The fourth-order valence-electron chi connectivity index (χ4n) is 1.60. The van der Waals surface area contributed by atoms with Gasteiger partial charge in [0.1, 0.15) is 11.7 Å². The molecule has 1 amide bonds. The van der Waals surface area contributed by atoms with Crippen molar-refractivity contribution in [3.8, 4) is 0 Å². The van der Waals surface area contributed by atoms with Crippen molar-refractivity contribution in [2.75, 3.05) is 13.2 Å². The van der Waals surface area contributed by atoms with E-state index in [-0.39, 0.29) is 19.8 Å². The van der Waals surface area contributed by atoms with Crippen LogP contribution in [-0.4, -0.2) is 42.2 Å². The van der Waals surface area contributed by atoms with E-state index in [2.05, 4.69) is 5.32 Å². The lowest BCUT2D eigenvalue weighted by Crippen LogP contribution is -2.41. The summed E-state index contributed by atoms with van der Waals surface area (Å²) in [4.78, 5) is 11.4. The average Bonchev–Trinajstić information content (AvgIpc) is 2.44. The zero-order chi connectivity index (χ0) is 16.6. The van der Waals surface area contributed by atoms with Gasteiger partial charge in [-0.2, -0.15) is 0 Å². The van der Waals surface area contributed by atoms with E-state index in [0.29, 0.717) is 0 Å². The summed E-state index contributed by atoms with van der Waals surface area (Å²) in [6.07, 6.45) is -3.62. The van der Waals surface area contributed by atoms with Gasteiger partial charge in [0.15, 0.2) is 6.17 Å². The van der Waals surface area contributed by atoms with Crippen LogP contribution in [0.2, 0.25) is 0 Å². The Hall–Kier alpha value is -1.66. The van der Waals surface area contributed by atoms with Gasteiger partial charge in [0.2, 0.25) is 0 Å². The third-order valence-corrected chi connectivity index (χ3v) is 2.66. The topological polar surface area (TPSA) is 67.8 Å². The summed E-state index contributed by atoms with van der Waals surface area (Å²) >= 11 is 0. The molecular weight excluding hydrogens is 289 g/mol. The first-order valence-corrected chi connectivity index (χ1v) is 7.18. The Morgan fingerprint density at radius 3 is 2.55 bits per heavy atom. The number of aliphatic hydroxyl groups excluding tert-OH is 1. The van der Waals surface area contributed by atoms with Crippen LogP contribution in [0, 0.1) is 0 Å². The molecule has 1 aromatic rings. The van der Waals surface area contributed by atoms with Crippen LogP contribution in [0.5, 0.6) is 0 Å². The number of aliphatic hydroxyl groups is 1. The monoisotopic (exact) mass is 313 g/mol. The molecule has 2 N–H and O–H groups in total. The van der Waals surface area contributed by atoms with Crippen LogP contribution in [0.15, 0.2) is 30.3 Å². The van der Waals surface area contributed by atoms with Gasteiger partial charge in [-0.25, -0.2) is 9.18 Å². The van der Waals surface area contributed by atoms with Gasteiger partial charge in [-0.1, -0.05) is 30.3 Å². The Morgan fingerprint density at radius 2 is 1.95 bits per heavy atom. The third kappa shape index (κ3) is 7.95. The summed E-state index contributed by atoms with van der Waals surface area (Å²) in [6, 6.07) is 9.35. The van der Waals surface area contributed by atoms with Crippen molar-refractivity contribution in [2.24, 2.45) is 0 Å². The number of nitrogens with one attached hydrogen (secondary N) is 1. The summed E-state index contributed by atoms with van der Waals surface area (Å²) in [5.74, 6) is 0. The normalized spacial score (nSPS) is 14.2. The lowest BCUT2D eigenvalue weighted by molar-refractivity contribution is -0.000460. The second-order valence-electron chi connectivity index (χ2n) is 5.97. The number of benzene rings is 1. The summed E-state index contributed by atoms with van der Waals surface area (Å²) < 4.78 is 23.9. The number of alkyl halides is 1. The first kappa shape index (κ1) is 18.4. The van der Waals surface area contributed by atoms with E-state index in [9.17, 15) is 14.3 Å². The second-order valence-corrected chi connectivity index (χ2v) is 5.97. The smallest absolute Gasteiger partial charge is 0.407 e. The number of ether oxygens (including phenoxy) is 2. The number of halogens is 1. The van der Waals surface area contributed by atoms with Crippen molar-refractivity contribution in [1.29, 1.82) is 0 Å². The molecule has 0 aliphatic rings. The first-order valence-electron chi connectivity index (χ1n) is 7.18. The van der Waals surface area contributed by atoms with Crippen LogP contribution in [0.4, 0.5) is 9.18 Å². The fraction of sp³-hybridized carbons (Fsp3) is 0.562. The van der Waals surface area contributed by atoms with Gasteiger partial charge in [-0.05, 0) is 26.3 Å². The number of amides is 1. The molecule has 2 atom stereocenters. The van der Waals surface area contributed by atoms with Crippen molar-refractivity contribution >= 4 is 6.09 Å². The third-order valence-electron chi connectivity index (χ3n) is 2.66. The molecule has 0 spiro atoms. The minimum atomic E-state index is -1.58. The quantitative estimate of drug-likeness (QED) is 0.811. The molecule has 0 bridgehead atoms. The van der Waals surface area contributed by atoms with Crippen LogP contribution in [0.25, 0.3) is 0 Å². The molecule has 124 valence electrons. The lowest BCUT2D eigenvalue weighted by Gasteiger charge is -2.21. The number of carbonyl (C=O) groups is 1. The van der Waals surface area contributed by atoms with Crippen molar-refractivity contribution in [2.45, 2.75) is 45.3 Å². The largest absolute Gasteiger partial charge is 0.444 e. The maximum absolute atomic E-state index is 13.7. The number of carbonyl (C=O) groups excluding carboxylic acids is 1. The fourth-order valence-corrected chi connectivity index (χ4v) is 1.60. The molecule has 0 radical (unpaired) electrons. The van der Waals surface area contributed by atoms with Crippen LogP contribution in [0.3, 0.4) is 0 Å². The van der Waals surface area contributed by atoms with E-state index >= 15 is 0 Å². The van der Waals surface area contributed by atoms with Crippen LogP contribution >= 0.6 is 0 Å². The lowest BCUT2D eigenvalue weighted by atomic mass is 10.2. The molecule has 0 fully saturated rings. The molecule has 0 saturated heterocycles. The SMILES string of the molecule is CC(C)(C)OC(=O)NCC(O)C(F)COCc1ccccc1. The Morgan fingerprint density at radius 1 is 1.32 bits per heavy atom. The van der Waals surface area contributed by atoms with Crippen molar-refractivity contribution in [3.05, 3.63) is 35.9 Å². The number of rotatable bonds is 7. The molecule has 22 heavy (non-hydrogen) atoms. The van der Waals surface area contributed by atoms with E-state index in [1.807, 2.05) is 30.3 Å².